The number of amides is 1. The molecule has 0 bridgehead atoms. The molecule has 1 aliphatic heterocycles. The zero-order valence-electron chi connectivity index (χ0n) is 11.3. The number of hydrogen-bond donors (Lipinski definition) is 0. The average molecular weight is 263 g/mol. The van der Waals surface area contributed by atoms with Crippen molar-refractivity contribution in [2.45, 2.75) is 6.92 Å². The van der Waals surface area contributed by atoms with E-state index in [2.05, 4.69) is 4.98 Å². The minimum Gasteiger partial charge on any atom is -0.480 e. The second-order valence-corrected chi connectivity index (χ2v) is 4.74. The number of aromatic nitrogens is 1. The van der Waals surface area contributed by atoms with Crippen molar-refractivity contribution in [1.29, 1.82) is 0 Å². The Morgan fingerprint density at radius 3 is 2.89 bits per heavy atom. The number of hydrogen-bond acceptors (Lipinski definition) is 5. The summed E-state index contributed by atoms with van der Waals surface area (Å²) in [5, 5.41) is 0. The van der Waals surface area contributed by atoms with Gasteiger partial charge in [-0.15, -0.1) is 0 Å². The Kier molecular flexibility index (Phi) is 3.80. The third-order valence-corrected chi connectivity index (χ3v) is 2.92. The lowest BCUT2D eigenvalue weighted by molar-refractivity contribution is -0.121. The van der Waals surface area contributed by atoms with E-state index in [1.165, 1.54) is 13.1 Å². The van der Waals surface area contributed by atoms with Gasteiger partial charge in [0, 0.05) is 24.8 Å². The molecule has 2 rings (SSSR count). The first kappa shape index (κ1) is 13.5. The van der Waals surface area contributed by atoms with Gasteiger partial charge in [0.25, 0.3) is 5.91 Å². The highest BCUT2D eigenvalue weighted by Crippen LogP contribution is 2.30. The van der Waals surface area contributed by atoms with Crippen molar-refractivity contribution < 1.29 is 14.3 Å². The molecule has 0 unspecified atom stereocenters. The van der Waals surface area contributed by atoms with Gasteiger partial charge in [0.1, 0.15) is 0 Å². The molecule has 0 radical (unpaired) electrons. The molecule has 102 valence electrons. The van der Waals surface area contributed by atoms with Crippen LogP contribution in [0.15, 0.2) is 12.3 Å². The highest BCUT2D eigenvalue weighted by molar-refractivity contribution is 5.98. The van der Waals surface area contributed by atoms with Crippen molar-refractivity contribution in [2.75, 3.05) is 38.7 Å². The minimum absolute atomic E-state index is 0.0104. The number of ether oxygens (including phenoxy) is 1. The van der Waals surface area contributed by atoms with E-state index in [-0.39, 0.29) is 18.3 Å². The molecular formula is C13H17N3O3. The van der Waals surface area contributed by atoms with Crippen LogP contribution in [0.4, 0.5) is 5.82 Å². The summed E-state index contributed by atoms with van der Waals surface area (Å²) in [6, 6.07) is 1.64. The third kappa shape index (κ3) is 2.90. The first-order chi connectivity index (χ1) is 8.99. The van der Waals surface area contributed by atoms with Crippen LogP contribution in [0.5, 0.6) is 5.75 Å². The Bertz CT molecular complexity index is 514. The van der Waals surface area contributed by atoms with Gasteiger partial charge in [0.05, 0.1) is 0 Å². The third-order valence-electron chi connectivity index (χ3n) is 2.92. The number of fused-ring (bicyclic) bond motifs is 1. The first-order valence-corrected chi connectivity index (χ1v) is 6.08. The van der Waals surface area contributed by atoms with Crippen molar-refractivity contribution in [1.82, 2.24) is 9.88 Å². The number of rotatable bonds is 4. The molecule has 6 heteroatoms. The number of pyridine rings is 1. The normalized spacial score (nSPS) is 14.3. The Balaban J connectivity index is 2.28. The van der Waals surface area contributed by atoms with Gasteiger partial charge in [-0.1, -0.05) is 0 Å². The van der Waals surface area contributed by atoms with E-state index in [0.29, 0.717) is 23.7 Å². The minimum atomic E-state index is -0.113. The summed E-state index contributed by atoms with van der Waals surface area (Å²) in [5.41, 5.74) is 0.487. The number of anilines is 1. The van der Waals surface area contributed by atoms with Crippen molar-refractivity contribution in [3.8, 4) is 5.75 Å². The monoisotopic (exact) mass is 263 g/mol. The maximum absolute atomic E-state index is 11.9. The van der Waals surface area contributed by atoms with E-state index in [1.54, 1.807) is 11.0 Å². The number of carbonyl (C=O) groups excluding carboxylic acids is 2. The average Bonchev–Trinajstić information content (AvgIpc) is 2.36. The summed E-state index contributed by atoms with van der Waals surface area (Å²) in [7, 11) is 3.89. The Morgan fingerprint density at radius 2 is 2.26 bits per heavy atom. The highest BCUT2D eigenvalue weighted by Gasteiger charge is 2.27. The van der Waals surface area contributed by atoms with Gasteiger partial charge in [-0.25, -0.2) is 4.98 Å². The van der Waals surface area contributed by atoms with Crippen LogP contribution in [0.1, 0.15) is 17.3 Å². The predicted octanol–water partition coefficient (Wildman–Crippen LogP) is 0.571. The molecule has 0 fully saturated rings. The van der Waals surface area contributed by atoms with Crippen LogP contribution in [0, 0.1) is 0 Å². The van der Waals surface area contributed by atoms with Crippen LogP contribution >= 0.6 is 0 Å². The van der Waals surface area contributed by atoms with Crippen molar-refractivity contribution in [2.24, 2.45) is 0 Å². The van der Waals surface area contributed by atoms with Gasteiger partial charge in [0.15, 0.2) is 24.0 Å². The maximum Gasteiger partial charge on any atom is 0.266 e. The Hall–Kier alpha value is -1.95. The largest absolute Gasteiger partial charge is 0.480 e. The van der Waals surface area contributed by atoms with Gasteiger partial charge in [-0.2, -0.15) is 0 Å². The molecule has 0 aliphatic carbocycles. The van der Waals surface area contributed by atoms with E-state index in [9.17, 15) is 9.59 Å². The summed E-state index contributed by atoms with van der Waals surface area (Å²) in [6.45, 7) is 2.75. The molecule has 0 saturated heterocycles. The lowest BCUT2D eigenvalue weighted by atomic mass is 10.2. The van der Waals surface area contributed by atoms with Crippen molar-refractivity contribution in [3.63, 3.8) is 0 Å². The van der Waals surface area contributed by atoms with Gasteiger partial charge in [-0.05, 0) is 27.1 Å². The van der Waals surface area contributed by atoms with Crippen LogP contribution in [-0.2, 0) is 4.79 Å². The fourth-order valence-electron chi connectivity index (χ4n) is 1.80. The molecule has 1 aromatic heterocycles. The van der Waals surface area contributed by atoms with E-state index in [4.69, 9.17) is 4.74 Å². The van der Waals surface area contributed by atoms with Crippen LogP contribution in [-0.4, -0.2) is 55.4 Å². The number of ketones is 1. The fraction of sp³-hybridized carbons (Fsp3) is 0.462. The number of carbonyl (C=O) groups is 2. The smallest absolute Gasteiger partial charge is 0.266 e. The Labute approximate surface area is 112 Å². The zero-order valence-corrected chi connectivity index (χ0v) is 11.3. The standard InChI is InChI=1S/C13H17N3O3/c1-9(17)10-6-11-13(14-7-10)16(5-4-15(2)3)12(18)8-19-11/h6-7H,4-5,8H2,1-3H3. The van der Waals surface area contributed by atoms with E-state index < -0.39 is 0 Å². The summed E-state index contributed by atoms with van der Waals surface area (Å²) in [4.78, 5) is 31.0. The summed E-state index contributed by atoms with van der Waals surface area (Å²) in [6.07, 6.45) is 1.48. The topological polar surface area (TPSA) is 62.7 Å². The molecule has 0 saturated carbocycles. The maximum atomic E-state index is 11.9. The molecule has 6 nitrogen and oxygen atoms in total. The molecule has 2 heterocycles. The number of likely N-dealkylation sites (N-methyl/N-ethyl adjacent to an activating group) is 1. The van der Waals surface area contributed by atoms with Gasteiger partial charge in [-0.3, -0.25) is 14.5 Å². The second kappa shape index (κ2) is 5.36. The predicted molar refractivity (Wildman–Crippen MR) is 70.6 cm³/mol. The van der Waals surface area contributed by atoms with Crippen molar-refractivity contribution in [3.05, 3.63) is 17.8 Å². The molecular weight excluding hydrogens is 246 g/mol. The van der Waals surface area contributed by atoms with Gasteiger partial charge in [0.2, 0.25) is 0 Å². The molecule has 0 spiro atoms. The molecule has 1 aliphatic rings. The summed E-state index contributed by atoms with van der Waals surface area (Å²) >= 11 is 0. The summed E-state index contributed by atoms with van der Waals surface area (Å²) in [5.74, 6) is 0.794. The lowest BCUT2D eigenvalue weighted by Crippen LogP contribution is -2.43. The lowest BCUT2D eigenvalue weighted by Gasteiger charge is -2.29. The van der Waals surface area contributed by atoms with Crippen molar-refractivity contribution >= 4 is 17.5 Å². The SMILES string of the molecule is CC(=O)c1cnc2c(c1)OCC(=O)N2CCN(C)C. The van der Waals surface area contributed by atoms with E-state index >= 15 is 0 Å². The molecule has 0 aromatic carbocycles. The van der Waals surface area contributed by atoms with Gasteiger partial charge >= 0.3 is 0 Å². The molecule has 19 heavy (non-hydrogen) atoms. The van der Waals surface area contributed by atoms with Crippen LogP contribution < -0.4 is 9.64 Å². The van der Waals surface area contributed by atoms with Gasteiger partial charge < -0.3 is 9.64 Å². The first-order valence-electron chi connectivity index (χ1n) is 6.08. The highest BCUT2D eigenvalue weighted by atomic mass is 16.5. The zero-order chi connectivity index (χ0) is 14.0. The van der Waals surface area contributed by atoms with Crippen LogP contribution in [0.2, 0.25) is 0 Å². The summed E-state index contributed by atoms with van der Waals surface area (Å²) < 4.78 is 5.34. The van der Waals surface area contributed by atoms with Crippen LogP contribution in [0.3, 0.4) is 0 Å². The molecule has 1 amide bonds. The molecule has 0 N–H and O–H groups in total. The number of Topliss-reactive ketones (excluding diaryl/α,β-unsaturated/α-hetero) is 1. The Morgan fingerprint density at radius 1 is 1.53 bits per heavy atom. The second-order valence-electron chi connectivity index (χ2n) is 4.74. The number of nitrogens with zero attached hydrogens (tertiary/aromatic N) is 3. The van der Waals surface area contributed by atoms with E-state index in [0.717, 1.165) is 6.54 Å². The quantitative estimate of drug-likeness (QED) is 0.743. The van der Waals surface area contributed by atoms with E-state index in [1.807, 2.05) is 19.0 Å². The van der Waals surface area contributed by atoms with Crippen LogP contribution in [0.25, 0.3) is 0 Å². The molecule has 1 aromatic rings. The fourth-order valence-corrected chi connectivity index (χ4v) is 1.80. The molecule has 0 atom stereocenters.